The fourth-order valence-corrected chi connectivity index (χ4v) is 6.52. The number of hydrogen-bond donors (Lipinski definition) is 0. The van der Waals surface area contributed by atoms with Gasteiger partial charge in [-0.1, -0.05) is 98.8 Å². The molecule has 0 fully saturated rings. The van der Waals surface area contributed by atoms with E-state index in [0.717, 1.165) is 11.2 Å². The highest BCUT2D eigenvalue weighted by Crippen LogP contribution is 2.52. The van der Waals surface area contributed by atoms with E-state index in [4.69, 9.17) is 4.98 Å². The molecule has 0 radical (unpaired) electrons. The first-order valence-electron chi connectivity index (χ1n) is 13.0. The fraction of sp³-hybridized carbons (Fsp3) is 0.0833. The van der Waals surface area contributed by atoms with Crippen molar-refractivity contribution in [3.8, 4) is 22.4 Å². The van der Waals surface area contributed by atoms with Crippen molar-refractivity contribution in [2.45, 2.75) is 19.3 Å². The third-order valence-electron chi connectivity index (χ3n) is 8.43. The Hall–Kier alpha value is -4.49. The average Bonchev–Trinajstić information content (AvgIpc) is 3.17. The van der Waals surface area contributed by atoms with Crippen LogP contribution in [0.1, 0.15) is 25.0 Å². The number of hydrogen-bond acceptors (Lipinski definition) is 1. The van der Waals surface area contributed by atoms with Crippen molar-refractivity contribution in [3.05, 3.63) is 126 Å². The molecular formula is C36H25N. The van der Waals surface area contributed by atoms with Gasteiger partial charge in [-0.3, -0.25) is 0 Å². The van der Waals surface area contributed by atoms with Crippen LogP contribution in [0.3, 0.4) is 0 Å². The molecule has 1 aliphatic rings. The summed E-state index contributed by atoms with van der Waals surface area (Å²) in [6.45, 7) is 4.73. The van der Waals surface area contributed by atoms with Crippen LogP contribution in [0.15, 0.2) is 115 Å². The smallest absolute Gasteiger partial charge is 0.0709 e. The molecule has 1 aliphatic carbocycles. The van der Waals surface area contributed by atoms with Crippen LogP contribution in [-0.2, 0) is 5.41 Å². The molecule has 1 heteroatoms. The number of nitrogens with zero attached hydrogens (tertiary/aromatic N) is 1. The minimum absolute atomic E-state index is 0.0987. The summed E-state index contributed by atoms with van der Waals surface area (Å²) in [6, 6.07) is 42.1. The lowest BCUT2D eigenvalue weighted by Crippen LogP contribution is -2.15. The van der Waals surface area contributed by atoms with Crippen LogP contribution in [0.2, 0.25) is 0 Å². The fourth-order valence-electron chi connectivity index (χ4n) is 6.52. The van der Waals surface area contributed by atoms with Crippen molar-refractivity contribution >= 4 is 43.2 Å². The van der Waals surface area contributed by atoms with Gasteiger partial charge in [0.2, 0.25) is 0 Å². The maximum atomic E-state index is 4.98. The molecule has 0 saturated carbocycles. The van der Waals surface area contributed by atoms with Crippen LogP contribution in [0.5, 0.6) is 0 Å². The van der Waals surface area contributed by atoms with Gasteiger partial charge in [-0.15, -0.1) is 0 Å². The Kier molecular flexibility index (Phi) is 4.06. The first kappa shape index (κ1) is 20.7. The van der Waals surface area contributed by atoms with Gasteiger partial charge in [0.25, 0.3) is 0 Å². The molecule has 0 amide bonds. The van der Waals surface area contributed by atoms with Crippen molar-refractivity contribution in [1.29, 1.82) is 0 Å². The molecule has 0 spiro atoms. The lowest BCUT2D eigenvalue weighted by molar-refractivity contribution is 0.661. The summed E-state index contributed by atoms with van der Waals surface area (Å²) in [6.07, 6.45) is 0. The summed E-state index contributed by atoms with van der Waals surface area (Å²) in [4.78, 5) is 4.98. The first-order chi connectivity index (χ1) is 18.1. The Balaban J connectivity index is 1.39. The Bertz CT molecular complexity index is 2060. The Morgan fingerprint density at radius 2 is 1.08 bits per heavy atom. The molecule has 7 aromatic rings. The molecule has 174 valence electrons. The number of rotatable bonds is 1. The number of aromatic nitrogens is 1. The standard InChI is InChI=1S/C36H25N/c1-36(2)32-19-23(35-18-16-22-9-3-8-14-34(22)37-35)15-17-28(32)31-20-29-26-12-6-4-10-24(26)25-11-5-7-13-27(25)30(29)21-33(31)36/h3-21H,1-2H3. The normalized spacial score (nSPS) is 13.9. The quantitative estimate of drug-likeness (QED) is 0.217. The molecule has 6 aromatic carbocycles. The maximum absolute atomic E-state index is 4.98. The second kappa shape index (κ2) is 7.27. The van der Waals surface area contributed by atoms with Gasteiger partial charge < -0.3 is 0 Å². The van der Waals surface area contributed by atoms with E-state index < -0.39 is 0 Å². The van der Waals surface area contributed by atoms with Gasteiger partial charge in [0.05, 0.1) is 11.2 Å². The van der Waals surface area contributed by atoms with Crippen LogP contribution in [0.4, 0.5) is 0 Å². The van der Waals surface area contributed by atoms with Gasteiger partial charge in [-0.2, -0.15) is 0 Å². The summed E-state index contributed by atoms with van der Waals surface area (Å²) in [5, 5.41) is 9.13. The predicted octanol–water partition coefficient (Wildman–Crippen LogP) is 9.67. The van der Waals surface area contributed by atoms with Gasteiger partial charge in [0, 0.05) is 16.4 Å². The Morgan fingerprint density at radius 3 is 1.81 bits per heavy atom. The molecule has 37 heavy (non-hydrogen) atoms. The van der Waals surface area contributed by atoms with Crippen LogP contribution in [0.25, 0.3) is 65.6 Å². The molecule has 0 saturated heterocycles. The number of para-hydroxylation sites is 1. The molecule has 1 aromatic heterocycles. The van der Waals surface area contributed by atoms with E-state index in [1.807, 2.05) is 0 Å². The lowest BCUT2D eigenvalue weighted by atomic mass is 9.80. The number of benzene rings is 6. The van der Waals surface area contributed by atoms with Crippen molar-refractivity contribution in [3.63, 3.8) is 0 Å². The van der Waals surface area contributed by atoms with Crippen LogP contribution in [-0.4, -0.2) is 4.98 Å². The van der Waals surface area contributed by atoms with Gasteiger partial charge in [0.1, 0.15) is 0 Å². The minimum atomic E-state index is -0.0987. The molecule has 1 heterocycles. The molecule has 8 rings (SSSR count). The van der Waals surface area contributed by atoms with Crippen LogP contribution >= 0.6 is 0 Å². The van der Waals surface area contributed by atoms with Crippen molar-refractivity contribution in [1.82, 2.24) is 4.98 Å². The molecular weight excluding hydrogens is 446 g/mol. The highest BCUT2D eigenvalue weighted by atomic mass is 14.7. The lowest BCUT2D eigenvalue weighted by Gasteiger charge is -2.23. The van der Waals surface area contributed by atoms with Crippen molar-refractivity contribution in [2.75, 3.05) is 0 Å². The van der Waals surface area contributed by atoms with Crippen molar-refractivity contribution in [2.24, 2.45) is 0 Å². The average molecular weight is 472 g/mol. The zero-order chi connectivity index (χ0) is 24.7. The molecule has 0 unspecified atom stereocenters. The van der Waals surface area contributed by atoms with Crippen LogP contribution < -0.4 is 0 Å². The van der Waals surface area contributed by atoms with E-state index in [2.05, 4.69) is 129 Å². The van der Waals surface area contributed by atoms with Gasteiger partial charge in [-0.25, -0.2) is 4.98 Å². The summed E-state index contributed by atoms with van der Waals surface area (Å²) in [5.74, 6) is 0. The summed E-state index contributed by atoms with van der Waals surface area (Å²) >= 11 is 0. The Labute approximate surface area is 216 Å². The van der Waals surface area contributed by atoms with Gasteiger partial charge >= 0.3 is 0 Å². The largest absolute Gasteiger partial charge is 0.248 e. The third kappa shape index (κ3) is 2.83. The van der Waals surface area contributed by atoms with E-state index in [1.165, 1.54) is 65.5 Å². The minimum Gasteiger partial charge on any atom is -0.248 e. The topological polar surface area (TPSA) is 12.9 Å². The second-order valence-electron chi connectivity index (χ2n) is 10.8. The van der Waals surface area contributed by atoms with E-state index >= 15 is 0 Å². The molecule has 0 bridgehead atoms. The number of pyridine rings is 1. The third-order valence-corrected chi connectivity index (χ3v) is 8.43. The highest BCUT2D eigenvalue weighted by molar-refractivity contribution is 6.26. The SMILES string of the molecule is CC1(C)c2cc(-c3ccc4ccccc4n3)ccc2-c2cc3c4ccccc4c4ccccc4c3cc21. The van der Waals surface area contributed by atoms with E-state index in [0.29, 0.717) is 0 Å². The summed E-state index contributed by atoms with van der Waals surface area (Å²) < 4.78 is 0. The van der Waals surface area contributed by atoms with Gasteiger partial charge in [-0.05, 0) is 84.9 Å². The van der Waals surface area contributed by atoms with E-state index in [9.17, 15) is 0 Å². The number of fused-ring (bicyclic) bond motifs is 10. The molecule has 0 N–H and O–H groups in total. The maximum Gasteiger partial charge on any atom is 0.0709 e. The van der Waals surface area contributed by atoms with E-state index in [-0.39, 0.29) is 5.41 Å². The summed E-state index contributed by atoms with van der Waals surface area (Å²) in [7, 11) is 0. The molecule has 0 aliphatic heterocycles. The predicted molar refractivity (Wildman–Crippen MR) is 157 cm³/mol. The van der Waals surface area contributed by atoms with Crippen LogP contribution in [0, 0.1) is 0 Å². The summed E-state index contributed by atoms with van der Waals surface area (Å²) in [5.41, 5.74) is 8.60. The Morgan fingerprint density at radius 1 is 0.486 bits per heavy atom. The van der Waals surface area contributed by atoms with Crippen molar-refractivity contribution < 1.29 is 0 Å². The zero-order valence-corrected chi connectivity index (χ0v) is 20.9. The second-order valence-corrected chi connectivity index (χ2v) is 10.8. The highest BCUT2D eigenvalue weighted by Gasteiger charge is 2.36. The van der Waals surface area contributed by atoms with Gasteiger partial charge in [0.15, 0.2) is 0 Å². The molecule has 0 atom stereocenters. The molecule has 1 nitrogen and oxygen atoms in total. The zero-order valence-electron chi connectivity index (χ0n) is 20.9. The van der Waals surface area contributed by atoms with E-state index in [1.54, 1.807) is 0 Å². The first-order valence-corrected chi connectivity index (χ1v) is 13.0. The monoisotopic (exact) mass is 471 g/mol.